The lowest BCUT2D eigenvalue weighted by molar-refractivity contribution is -0.384. The highest BCUT2D eigenvalue weighted by molar-refractivity contribution is 5.94. The Bertz CT molecular complexity index is 819. The van der Waals surface area contributed by atoms with Gasteiger partial charge in [0.05, 0.1) is 24.6 Å². The Morgan fingerprint density at radius 1 is 1.18 bits per heavy atom. The Balaban J connectivity index is 2.06. The lowest BCUT2D eigenvalue weighted by Gasteiger charge is -2.23. The van der Waals surface area contributed by atoms with Gasteiger partial charge in [0.1, 0.15) is 11.4 Å². The maximum Gasteiger partial charge on any atom is 0.296 e. The van der Waals surface area contributed by atoms with Crippen LogP contribution in [-0.4, -0.2) is 24.5 Å². The second-order valence-corrected chi connectivity index (χ2v) is 6.89. The number of nitrogens with zero attached hydrogens (tertiary/aromatic N) is 1. The van der Waals surface area contributed by atoms with Crippen LogP contribution in [0.5, 0.6) is 5.75 Å². The van der Waals surface area contributed by atoms with Gasteiger partial charge in [0, 0.05) is 6.04 Å². The van der Waals surface area contributed by atoms with E-state index < -0.39 is 4.92 Å². The average molecular weight is 385 g/mol. The van der Waals surface area contributed by atoms with Crippen molar-refractivity contribution in [1.29, 1.82) is 0 Å². The van der Waals surface area contributed by atoms with Crippen LogP contribution in [0.2, 0.25) is 0 Å². The number of hydrogen-bond acceptors (Lipinski definition) is 5. The van der Waals surface area contributed by atoms with Crippen LogP contribution in [0.3, 0.4) is 0 Å². The molecule has 0 aliphatic heterocycles. The van der Waals surface area contributed by atoms with Crippen molar-refractivity contribution in [2.45, 2.75) is 33.2 Å². The third-order valence-electron chi connectivity index (χ3n) is 4.57. The zero-order valence-electron chi connectivity index (χ0n) is 16.7. The van der Waals surface area contributed by atoms with Gasteiger partial charge in [0.2, 0.25) is 5.91 Å². The fourth-order valence-corrected chi connectivity index (χ4v) is 2.99. The molecule has 0 bridgehead atoms. The average Bonchev–Trinajstić information content (AvgIpc) is 2.68. The van der Waals surface area contributed by atoms with Crippen LogP contribution in [0.25, 0.3) is 0 Å². The number of benzene rings is 2. The smallest absolute Gasteiger partial charge is 0.296 e. The summed E-state index contributed by atoms with van der Waals surface area (Å²) in [6.45, 7) is 6.31. The highest BCUT2D eigenvalue weighted by atomic mass is 16.6. The number of carbonyl (C=O) groups excluding carboxylic acids is 1. The highest BCUT2D eigenvalue weighted by Crippen LogP contribution is 2.29. The summed E-state index contributed by atoms with van der Waals surface area (Å²) in [6, 6.07) is 12.7. The number of anilines is 1. The SMILES string of the molecule is CCc1ccc([C@H](NCC(=O)Nc2ccc(OC)cc2[N+](=O)[O-])C(C)C)cc1. The largest absolute Gasteiger partial charge is 0.496 e. The van der Waals surface area contributed by atoms with Gasteiger partial charge in [-0.15, -0.1) is 0 Å². The van der Waals surface area contributed by atoms with Crippen LogP contribution in [-0.2, 0) is 11.2 Å². The lowest BCUT2D eigenvalue weighted by Crippen LogP contribution is -2.33. The van der Waals surface area contributed by atoms with Crippen molar-refractivity contribution in [3.8, 4) is 5.75 Å². The van der Waals surface area contributed by atoms with Crippen molar-refractivity contribution in [3.05, 3.63) is 63.7 Å². The van der Waals surface area contributed by atoms with Gasteiger partial charge >= 0.3 is 0 Å². The summed E-state index contributed by atoms with van der Waals surface area (Å²) >= 11 is 0. The normalized spacial score (nSPS) is 11.9. The molecule has 2 N–H and O–H groups in total. The van der Waals surface area contributed by atoms with E-state index in [2.05, 4.69) is 55.7 Å². The first-order valence-electron chi connectivity index (χ1n) is 9.30. The molecule has 0 unspecified atom stereocenters. The molecule has 0 fully saturated rings. The van der Waals surface area contributed by atoms with Gasteiger partial charge < -0.3 is 15.4 Å². The summed E-state index contributed by atoms with van der Waals surface area (Å²) in [6.07, 6.45) is 0.975. The minimum atomic E-state index is -0.544. The van der Waals surface area contributed by atoms with Gasteiger partial charge in [-0.25, -0.2) is 0 Å². The van der Waals surface area contributed by atoms with E-state index in [1.54, 1.807) is 6.07 Å². The number of hydrogen-bond donors (Lipinski definition) is 2. The van der Waals surface area contributed by atoms with Crippen molar-refractivity contribution in [1.82, 2.24) is 5.32 Å². The van der Waals surface area contributed by atoms with Crippen molar-refractivity contribution >= 4 is 17.3 Å². The second-order valence-electron chi connectivity index (χ2n) is 6.89. The van der Waals surface area contributed by atoms with Crippen molar-refractivity contribution in [3.63, 3.8) is 0 Å². The molecule has 0 radical (unpaired) electrons. The molecule has 0 saturated heterocycles. The minimum absolute atomic E-state index is 0.00232. The maximum absolute atomic E-state index is 12.4. The molecule has 2 rings (SSSR count). The molecule has 0 heterocycles. The molecule has 0 spiro atoms. The fourth-order valence-electron chi connectivity index (χ4n) is 2.99. The predicted octanol–water partition coefficient (Wildman–Crippen LogP) is 4.09. The molecule has 0 aliphatic carbocycles. The summed E-state index contributed by atoms with van der Waals surface area (Å²) in [4.78, 5) is 23.1. The third-order valence-corrected chi connectivity index (χ3v) is 4.57. The number of amides is 1. The standard InChI is InChI=1S/C21H27N3O4/c1-5-15-6-8-16(9-7-15)21(14(2)3)22-13-20(25)23-18-11-10-17(28-4)12-19(18)24(26)27/h6-12,14,21-22H,5,13H2,1-4H3,(H,23,25)/t21-/m1/s1. The molecule has 1 atom stereocenters. The Morgan fingerprint density at radius 2 is 1.86 bits per heavy atom. The Hall–Kier alpha value is -2.93. The van der Waals surface area contributed by atoms with Crippen molar-refractivity contribution in [2.24, 2.45) is 5.92 Å². The van der Waals surface area contributed by atoms with Gasteiger partial charge in [-0.05, 0) is 35.6 Å². The van der Waals surface area contributed by atoms with E-state index in [0.29, 0.717) is 5.75 Å². The summed E-state index contributed by atoms with van der Waals surface area (Å²) in [5, 5.41) is 17.1. The fraction of sp³-hybridized carbons (Fsp3) is 0.381. The molecule has 28 heavy (non-hydrogen) atoms. The Morgan fingerprint density at radius 3 is 2.39 bits per heavy atom. The van der Waals surface area contributed by atoms with E-state index in [1.807, 2.05) is 0 Å². The molecule has 1 amide bonds. The molecule has 0 saturated carbocycles. The zero-order chi connectivity index (χ0) is 20.7. The van der Waals surface area contributed by atoms with Gasteiger partial charge in [0.15, 0.2) is 0 Å². The van der Waals surface area contributed by atoms with Crippen LogP contribution < -0.4 is 15.4 Å². The molecule has 0 aromatic heterocycles. The van der Waals surface area contributed by atoms with Gasteiger partial charge in [-0.2, -0.15) is 0 Å². The van der Waals surface area contributed by atoms with E-state index in [0.717, 1.165) is 12.0 Å². The van der Waals surface area contributed by atoms with E-state index in [9.17, 15) is 14.9 Å². The van der Waals surface area contributed by atoms with Crippen molar-refractivity contribution in [2.75, 3.05) is 19.0 Å². The van der Waals surface area contributed by atoms with Crippen LogP contribution >= 0.6 is 0 Å². The molecule has 7 nitrogen and oxygen atoms in total. The number of ether oxygens (including phenoxy) is 1. The first kappa shape index (κ1) is 21.4. The van der Waals surface area contributed by atoms with E-state index in [-0.39, 0.29) is 35.8 Å². The van der Waals surface area contributed by atoms with Crippen LogP contribution in [0.15, 0.2) is 42.5 Å². The van der Waals surface area contributed by atoms with Gasteiger partial charge in [-0.3, -0.25) is 14.9 Å². The molecule has 0 aliphatic rings. The minimum Gasteiger partial charge on any atom is -0.496 e. The zero-order valence-corrected chi connectivity index (χ0v) is 16.7. The van der Waals surface area contributed by atoms with E-state index in [4.69, 9.17) is 4.74 Å². The summed E-state index contributed by atoms with van der Waals surface area (Å²) in [7, 11) is 1.43. The first-order chi connectivity index (χ1) is 13.3. The van der Waals surface area contributed by atoms with E-state index >= 15 is 0 Å². The van der Waals surface area contributed by atoms with Crippen LogP contribution in [0.4, 0.5) is 11.4 Å². The summed E-state index contributed by atoms with van der Waals surface area (Å²) in [5.74, 6) is 0.290. The predicted molar refractivity (Wildman–Crippen MR) is 110 cm³/mol. The molecule has 2 aromatic rings. The molecule has 7 heteroatoms. The topological polar surface area (TPSA) is 93.5 Å². The summed E-state index contributed by atoms with van der Waals surface area (Å²) in [5.41, 5.74) is 2.31. The summed E-state index contributed by atoms with van der Waals surface area (Å²) < 4.78 is 5.01. The number of aryl methyl sites for hydroxylation is 1. The first-order valence-corrected chi connectivity index (χ1v) is 9.30. The maximum atomic E-state index is 12.4. The second kappa shape index (κ2) is 9.85. The third kappa shape index (κ3) is 5.53. The number of nitrogens with one attached hydrogen (secondary N) is 2. The number of carbonyl (C=O) groups is 1. The highest BCUT2D eigenvalue weighted by Gasteiger charge is 2.19. The van der Waals surface area contributed by atoms with Gasteiger partial charge in [0.25, 0.3) is 5.69 Å². The monoisotopic (exact) mass is 385 g/mol. The lowest BCUT2D eigenvalue weighted by atomic mass is 9.95. The Labute approximate surface area is 165 Å². The Kier molecular flexibility index (Phi) is 7.52. The number of rotatable bonds is 9. The number of methoxy groups -OCH3 is 1. The number of nitro benzene ring substituents is 1. The van der Waals surface area contributed by atoms with E-state index in [1.165, 1.54) is 24.8 Å². The van der Waals surface area contributed by atoms with Crippen molar-refractivity contribution < 1.29 is 14.5 Å². The number of nitro groups is 1. The molecular weight excluding hydrogens is 358 g/mol. The quantitative estimate of drug-likeness (QED) is 0.501. The molecular formula is C21H27N3O4. The van der Waals surface area contributed by atoms with Gasteiger partial charge in [-0.1, -0.05) is 45.0 Å². The van der Waals surface area contributed by atoms with Crippen LogP contribution in [0, 0.1) is 16.0 Å². The van der Waals surface area contributed by atoms with Crippen LogP contribution in [0.1, 0.15) is 37.9 Å². The molecule has 2 aromatic carbocycles. The molecule has 150 valence electrons.